The van der Waals surface area contributed by atoms with Gasteiger partial charge in [0, 0.05) is 41.7 Å². The van der Waals surface area contributed by atoms with Gasteiger partial charge in [0.2, 0.25) is 0 Å². The lowest BCUT2D eigenvalue weighted by molar-refractivity contribution is -0.0437. The molecule has 6 fully saturated rings. The van der Waals surface area contributed by atoms with E-state index in [0.717, 1.165) is 116 Å². The van der Waals surface area contributed by atoms with Crippen LogP contribution in [0.4, 0.5) is 0 Å². The highest BCUT2D eigenvalue weighted by Crippen LogP contribution is 2.30. The van der Waals surface area contributed by atoms with Crippen LogP contribution in [0.3, 0.4) is 0 Å². The van der Waals surface area contributed by atoms with Crippen molar-refractivity contribution in [3.63, 3.8) is 0 Å². The van der Waals surface area contributed by atoms with Gasteiger partial charge in [-0.25, -0.2) is 0 Å². The molecule has 0 aromatic rings. The molecule has 0 aliphatic heterocycles. The highest BCUT2D eigenvalue weighted by Gasteiger charge is 2.29. The van der Waals surface area contributed by atoms with Crippen LogP contribution < -0.4 is 0 Å². The number of methoxy groups -OCH3 is 4. The molecule has 12 nitrogen and oxygen atoms in total. The van der Waals surface area contributed by atoms with E-state index in [9.17, 15) is 30.6 Å². The fourth-order valence-electron chi connectivity index (χ4n) is 9.48. The lowest BCUT2D eigenvalue weighted by Crippen LogP contribution is -2.33. The van der Waals surface area contributed by atoms with Gasteiger partial charge in [0.1, 0.15) is 0 Å². The average Bonchev–Trinajstić information content (AvgIpc) is 3.36. The van der Waals surface area contributed by atoms with E-state index >= 15 is 0 Å². The Morgan fingerprint density at radius 1 is 0.324 bits per heavy atom. The first-order valence-corrected chi connectivity index (χ1v) is 25.9. The zero-order valence-electron chi connectivity index (χ0n) is 44.7. The van der Waals surface area contributed by atoms with Gasteiger partial charge in [0.05, 0.1) is 73.2 Å². The van der Waals surface area contributed by atoms with E-state index in [4.69, 9.17) is 28.4 Å². The standard InChI is InChI=1S/2C10H18O2.4C9H16O2/c2*1-3-8-5-6-9(11)10(7-8)12-4-2;2*1-3-7-4-5-9(11-2)8(10)6-7;2*1-3-7-4-5-8(10)9(6-7)11-2/h2*3,9-11H,4-7H2,1-2H3;4*3,8-10H,4-6H2,1-2H3/b8-3+;8-3-;7-3+;7-3-;7-3+;7-3-. The molecule has 0 spiro atoms. The van der Waals surface area contributed by atoms with Crippen molar-refractivity contribution in [2.75, 3.05) is 41.7 Å². The maximum Gasteiger partial charge on any atom is 0.0870 e. The minimum absolute atomic E-state index is 0.0231. The predicted molar refractivity (Wildman–Crippen MR) is 276 cm³/mol. The van der Waals surface area contributed by atoms with Crippen LogP contribution in [-0.4, -0.2) is 146 Å². The van der Waals surface area contributed by atoms with Crippen molar-refractivity contribution in [1.29, 1.82) is 0 Å². The first kappa shape index (κ1) is 64.0. The summed E-state index contributed by atoms with van der Waals surface area (Å²) >= 11 is 0. The largest absolute Gasteiger partial charge is 0.390 e. The third-order valence-electron chi connectivity index (χ3n) is 14.3. The number of allylic oxidation sites excluding steroid dienone is 6. The van der Waals surface area contributed by atoms with Gasteiger partial charge in [-0.3, -0.25) is 0 Å². The Morgan fingerprint density at radius 2 is 0.544 bits per heavy atom. The van der Waals surface area contributed by atoms with Gasteiger partial charge >= 0.3 is 0 Å². The van der Waals surface area contributed by atoms with Crippen molar-refractivity contribution < 1.29 is 59.1 Å². The molecular weight excluding hydrogens is 865 g/mol. The number of hydrogen-bond donors (Lipinski definition) is 6. The van der Waals surface area contributed by atoms with Crippen LogP contribution >= 0.6 is 0 Å². The van der Waals surface area contributed by atoms with Crippen LogP contribution in [0.25, 0.3) is 0 Å². The maximum atomic E-state index is 9.56. The topological polar surface area (TPSA) is 177 Å². The Hall–Kier alpha value is -2.04. The van der Waals surface area contributed by atoms with E-state index in [1.165, 1.54) is 33.4 Å². The third-order valence-corrected chi connectivity index (χ3v) is 14.3. The molecule has 0 aromatic carbocycles. The summed E-state index contributed by atoms with van der Waals surface area (Å²) in [6.45, 7) is 17.6. The Bertz CT molecular complexity index is 1390. The summed E-state index contributed by atoms with van der Waals surface area (Å²) in [6, 6.07) is 0. The molecule has 0 aromatic heterocycles. The molecule has 6 aliphatic carbocycles. The van der Waals surface area contributed by atoms with E-state index in [1.807, 2.05) is 41.5 Å². The van der Waals surface area contributed by atoms with E-state index in [1.54, 1.807) is 28.4 Å². The Balaban J connectivity index is 0.000000408. The van der Waals surface area contributed by atoms with Crippen LogP contribution in [0.2, 0.25) is 0 Å². The Morgan fingerprint density at radius 3 is 0.765 bits per heavy atom. The first-order chi connectivity index (χ1) is 32.6. The highest BCUT2D eigenvalue weighted by atomic mass is 16.5. The van der Waals surface area contributed by atoms with Gasteiger partial charge in [-0.2, -0.15) is 0 Å². The highest BCUT2D eigenvalue weighted by molar-refractivity contribution is 5.10. The molecule has 0 radical (unpaired) electrons. The number of hydrogen-bond acceptors (Lipinski definition) is 12. The molecule has 0 bridgehead atoms. The monoisotopic (exact) mass is 965 g/mol. The molecular formula is C56H100O12. The first-order valence-electron chi connectivity index (χ1n) is 25.9. The zero-order valence-corrected chi connectivity index (χ0v) is 44.7. The van der Waals surface area contributed by atoms with Crippen molar-refractivity contribution in [2.45, 2.75) is 244 Å². The summed E-state index contributed by atoms with van der Waals surface area (Å²) < 4.78 is 31.4. The minimum Gasteiger partial charge on any atom is -0.390 e. The summed E-state index contributed by atoms with van der Waals surface area (Å²) in [4.78, 5) is 0. The van der Waals surface area contributed by atoms with Crippen molar-refractivity contribution in [1.82, 2.24) is 0 Å². The lowest BCUT2D eigenvalue weighted by Gasteiger charge is -2.29. The van der Waals surface area contributed by atoms with Crippen LogP contribution in [0, 0.1) is 0 Å². The second kappa shape index (κ2) is 37.7. The molecule has 12 heteroatoms. The number of rotatable bonds is 8. The summed E-state index contributed by atoms with van der Waals surface area (Å²) in [5.74, 6) is 0. The summed E-state index contributed by atoms with van der Waals surface area (Å²) in [6.07, 6.45) is 28.1. The van der Waals surface area contributed by atoms with Gasteiger partial charge in [0.15, 0.2) is 0 Å². The normalized spacial score (nSPS) is 35.4. The fraction of sp³-hybridized carbons (Fsp3) is 0.786. The summed E-state index contributed by atoms with van der Waals surface area (Å²) in [5.41, 5.74) is 8.35. The van der Waals surface area contributed by atoms with E-state index in [-0.39, 0.29) is 73.2 Å². The van der Waals surface area contributed by atoms with Crippen LogP contribution in [0.1, 0.15) is 171 Å². The van der Waals surface area contributed by atoms with Crippen molar-refractivity contribution in [3.05, 3.63) is 69.9 Å². The Labute approximate surface area is 413 Å². The second-order valence-corrected chi connectivity index (χ2v) is 18.6. The Kier molecular flexibility index (Phi) is 35.5. The summed E-state index contributed by atoms with van der Waals surface area (Å²) in [5, 5.41) is 57.0. The zero-order chi connectivity index (χ0) is 51.0. The van der Waals surface area contributed by atoms with Crippen molar-refractivity contribution in [3.8, 4) is 0 Å². The molecule has 68 heavy (non-hydrogen) atoms. The third kappa shape index (κ3) is 24.4. The smallest absolute Gasteiger partial charge is 0.0870 e. The molecule has 12 atom stereocenters. The summed E-state index contributed by atoms with van der Waals surface area (Å²) in [7, 11) is 6.64. The minimum atomic E-state index is -0.292. The second-order valence-electron chi connectivity index (χ2n) is 18.6. The molecule has 0 amide bonds. The van der Waals surface area contributed by atoms with E-state index in [2.05, 4.69) is 50.3 Å². The number of aliphatic hydroxyl groups excluding tert-OH is 6. The molecule has 12 unspecified atom stereocenters. The predicted octanol–water partition coefficient (Wildman–Crippen LogP) is 9.74. The lowest BCUT2D eigenvalue weighted by atomic mass is 9.90. The fourth-order valence-corrected chi connectivity index (χ4v) is 9.48. The van der Waals surface area contributed by atoms with E-state index in [0.29, 0.717) is 13.2 Å². The van der Waals surface area contributed by atoms with Crippen molar-refractivity contribution in [2.24, 2.45) is 0 Å². The maximum absolute atomic E-state index is 9.56. The van der Waals surface area contributed by atoms with Gasteiger partial charge < -0.3 is 59.1 Å². The van der Waals surface area contributed by atoms with Crippen LogP contribution in [0.5, 0.6) is 0 Å². The average molecular weight is 965 g/mol. The quantitative estimate of drug-likeness (QED) is 0.127. The number of aliphatic hydroxyl groups is 6. The van der Waals surface area contributed by atoms with Gasteiger partial charge in [0.25, 0.3) is 0 Å². The number of ether oxygens (including phenoxy) is 6. The van der Waals surface area contributed by atoms with Gasteiger partial charge in [-0.1, -0.05) is 69.9 Å². The van der Waals surface area contributed by atoms with Gasteiger partial charge in [-0.05, 0) is 171 Å². The van der Waals surface area contributed by atoms with Crippen LogP contribution in [0.15, 0.2) is 69.9 Å². The van der Waals surface area contributed by atoms with Crippen LogP contribution in [-0.2, 0) is 28.4 Å². The van der Waals surface area contributed by atoms with E-state index < -0.39 is 0 Å². The van der Waals surface area contributed by atoms with Crippen molar-refractivity contribution >= 4 is 0 Å². The molecule has 6 N–H and O–H groups in total. The molecule has 6 saturated carbocycles. The molecule has 0 heterocycles. The molecule has 0 saturated heterocycles. The molecule has 6 rings (SSSR count). The SMILES string of the molecule is C/C=C1/CCC(O)C(OC)C1.C/C=C1/CCC(O)C(OCC)C1.C/C=C1/CCC(OC)C(O)C1.C/C=C1\CCC(O)C(OC)C1.C/C=C1\CCC(O)C(OCC)C1.C/C=C1\CCC(OC)C(O)C1. The molecule has 396 valence electrons. The van der Waals surface area contributed by atoms with Gasteiger partial charge in [-0.15, -0.1) is 0 Å². The molecule has 6 aliphatic rings.